The van der Waals surface area contributed by atoms with Crippen LogP contribution in [0.1, 0.15) is 26.3 Å². The van der Waals surface area contributed by atoms with Gasteiger partial charge >= 0.3 is 0 Å². The fraction of sp³-hybridized carbons (Fsp3) is 0.333. The van der Waals surface area contributed by atoms with E-state index in [2.05, 4.69) is 67.9 Å². The van der Waals surface area contributed by atoms with Crippen LogP contribution in [0.4, 0.5) is 0 Å². The minimum atomic E-state index is 0.0247. The van der Waals surface area contributed by atoms with E-state index < -0.39 is 0 Å². The van der Waals surface area contributed by atoms with Crippen LogP contribution < -0.4 is 10.1 Å². The predicted octanol–water partition coefficient (Wildman–Crippen LogP) is 4.68. The smallest absolute Gasteiger partial charge is 0.223 e. The Labute approximate surface area is 141 Å². The lowest BCUT2D eigenvalue weighted by molar-refractivity contribution is 0.408. The molecule has 0 atom stereocenters. The van der Waals surface area contributed by atoms with E-state index in [0.29, 0.717) is 18.2 Å². The second-order valence-electron chi connectivity index (χ2n) is 5.66. The molecule has 0 unspecified atom stereocenters. The van der Waals surface area contributed by atoms with Crippen molar-refractivity contribution in [2.45, 2.75) is 32.9 Å². The quantitative estimate of drug-likeness (QED) is 0.788. The molecular weight excluding hydrogens is 398 g/mol. The highest BCUT2D eigenvalue weighted by Crippen LogP contribution is 2.27. The number of hydrogen-bond acceptors (Lipinski definition) is 4. The minimum Gasteiger partial charge on any atom is -0.437 e. The first-order valence-corrected chi connectivity index (χ1v) is 8.10. The van der Waals surface area contributed by atoms with E-state index in [-0.39, 0.29) is 5.54 Å². The first kappa shape index (κ1) is 16.4. The van der Waals surface area contributed by atoms with Gasteiger partial charge in [-0.25, -0.2) is 4.98 Å². The Hall–Kier alpha value is -0.980. The fourth-order valence-corrected chi connectivity index (χ4v) is 2.33. The van der Waals surface area contributed by atoms with Crippen molar-refractivity contribution in [1.82, 2.24) is 15.3 Å². The van der Waals surface area contributed by atoms with Crippen LogP contribution in [-0.2, 0) is 6.54 Å². The SMILES string of the molecule is CC(C)(C)NCc1cc(Br)cnc1Oc1cncc(Br)c1. The molecule has 0 radical (unpaired) electrons. The Morgan fingerprint density at radius 1 is 1.10 bits per heavy atom. The summed E-state index contributed by atoms with van der Waals surface area (Å²) in [4.78, 5) is 8.44. The van der Waals surface area contributed by atoms with Gasteiger partial charge < -0.3 is 10.1 Å². The molecule has 4 nitrogen and oxygen atoms in total. The van der Waals surface area contributed by atoms with Crippen LogP contribution in [0.25, 0.3) is 0 Å². The zero-order chi connectivity index (χ0) is 15.5. The summed E-state index contributed by atoms with van der Waals surface area (Å²) in [5.74, 6) is 1.23. The molecule has 0 bridgehead atoms. The summed E-state index contributed by atoms with van der Waals surface area (Å²) in [6.45, 7) is 7.04. The van der Waals surface area contributed by atoms with E-state index in [9.17, 15) is 0 Å². The fourth-order valence-electron chi connectivity index (χ4n) is 1.61. The van der Waals surface area contributed by atoms with E-state index in [1.54, 1.807) is 18.6 Å². The van der Waals surface area contributed by atoms with Crippen LogP contribution in [0.5, 0.6) is 11.6 Å². The maximum atomic E-state index is 5.85. The highest BCUT2D eigenvalue weighted by molar-refractivity contribution is 9.10. The van der Waals surface area contributed by atoms with Gasteiger partial charge in [0.05, 0.1) is 6.20 Å². The molecule has 2 heterocycles. The number of ether oxygens (including phenoxy) is 1. The van der Waals surface area contributed by atoms with Crippen LogP contribution in [0.15, 0.2) is 39.7 Å². The van der Waals surface area contributed by atoms with Gasteiger partial charge in [0.15, 0.2) is 0 Å². The Kier molecular flexibility index (Phi) is 5.35. The first-order chi connectivity index (χ1) is 9.83. The lowest BCUT2D eigenvalue weighted by Crippen LogP contribution is -2.35. The molecule has 21 heavy (non-hydrogen) atoms. The van der Waals surface area contributed by atoms with Gasteiger partial charge in [-0.1, -0.05) is 0 Å². The molecule has 2 aromatic rings. The van der Waals surface area contributed by atoms with Crippen molar-refractivity contribution in [3.63, 3.8) is 0 Å². The molecule has 0 aliphatic rings. The number of hydrogen-bond donors (Lipinski definition) is 1. The van der Waals surface area contributed by atoms with Crippen molar-refractivity contribution < 1.29 is 4.74 Å². The molecule has 0 aliphatic heterocycles. The topological polar surface area (TPSA) is 47.0 Å². The lowest BCUT2D eigenvalue weighted by Gasteiger charge is -2.21. The minimum absolute atomic E-state index is 0.0247. The summed E-state index contributed by atoms with van der Waals surface area (Å²) in [5, 5.41) is 3.44. The number of halogens is 2. The number of nitrogens with one attached hydrogen (secondary N) is 1. The molecule has 0 aromatic carbocycles. The summed E-state index contributed by atoms with van der Waals surface area (Å²) < 4.78 is 7.64. The Morgan fingerprint density at radius 3 is 2.48 bits per heavy atom. The highest BCUT2D eigenvalue weighted by Gasteiger charge is 2.13. The van der Waals surface area contributed by atoms with E-state index >= 15 is 0 Å². The Balaban J connectivity index is 2.22. The maximum absolute atomic E-state index is 5.85. The van der Waals surface area contributed by atoms with Gasteiger partial charge in [0.2, 0.25) is 5.88 Å². The predicted molar refractivity (Wildman–Crippen MR) is 90.5 cm³/mol. The zero-order valence-electron chi connectivity index (χ0n) is 12.2. The third-order valence-electron chi connectivity index (χ3n) is 2.60. The Bertz CT molecular complexity index is 627. The van der Waals surface area contributed by atoms with Gasteiger partial charge in [-0.2, -0.15) is 0 Å². The van der Waals surface area contributed by atoms with Crippen molar-refractivity contribution in [3.8, 4) is 11.6 Å². The van der Waals surface area contributed by atoms with Gasteiger partial charge in [0, 0.05) is 39.0 Å². The van der Waals surface area contributed by atoms with Crippen LogP contribution in [0.2, 0.25) is 0 Å². The van der Waals surface area contributed by atoms with Crippen LogP contribution in [0.3, 0.4) is 0 Å². The summed E-state index contributed by atoms with van der Waals surface area (Å²) in [5.41, 5.74) is 1.01. The molecule has 2 aromatic heterocycles. The molecular formula is C15H17Br2N3O. The second-order valence-corrected chi connectivity index (χ2v) is 7.49. The van der Waals surface area contributed by atoms with Gasteiger partial charge in [-0.15, -0.1) is 0 Å². The largest absolute Gasteiger partial charge is 0.437 e. The maximum Gasteiger partial charge on any atom is 0.223 e. The molecule has 0 spiro atoms. The van der Waals surface area contributed by atoms with E-state index in [4.69, 9.17) is 4.74 Å². The van der Waals surface area contributed by atoms with Gasteiger partial charge in [-0.05, 0) is 64.8 Å². The molecule has 0 amide bonds. The number of aromatic nitrogens is 2. The van der Waals surface area contributed by atoms with Gasteiger partial charge in [0.1, 0.15) is 5.75 Å². The van der Waals surface area contributed by atoms with Crippen molar-refractivity contribution in [2.75, 3.05) is 0 Å². The number of rotatable bonds is 4. The van der Waals surface area contributed by atoms with E-state index in [0.717, 1.165) is 14.5 Å². The average molecular weight is 415 g/mol. The zero-order valence-corrected chi connectivity index (χ0v) is 15.3. The molecule has 0 aliphatic carbocycles. The van der Waals surface area contributed by atoms with Crippen molar-refractivity contribution in [2.24, 2.45) is 0 Å². The Morgan fingerprint density at radius 2 is 1.81 bits per heavy atom. The number of pyridine rings is 2. The average Bonchev–Trinajstić information content (AvgIpc) is 2.38. The summed E-state index contributed by atoms with van der Waals surface area (Å²) in [7, 11) is 0. The second kappa shape index (κ2) is 6.85. The number of nitrogens with zero attached hydrogens (tertiary/aromatic N) is 2. The molecule has 6 heteroatoms. The van der Waals surface area contributed by atoms with Crippen LogP contribution >= 0.6 is 31.9 Å². The first-order valence-electron chi connectivity index (χ1n) is 6.51. The van der Waals surface area contributed by atoms with Crippen molar-refractivity contribution >= 4 is 31.9 Å². The summed E-state index contributed by atoms with van der Waals surface area (Å²) in [6.07, 6.45) is 5.10. The van der Waals surface area contributed by atoms with E-state index in [1.807, 2.05) is 12.1 Å². The summed E-state index contributed by atoms with van der Waals surface area (Å²) >= 11 is 6.83. The van der Waals surface area contributed by atoms with E-state index in [1.165, 1.54) is 0 Å². The molecule has 1 N–H and O–H groups in total. The molecule has 0 fully saturated rings. The van der Waals surface area contributed by atoms with Crippen molar-refractivity contribution in [1.29, 1.82) is 0 Å². The van der Waals surface area contributed by atoms with Crippen LogP contribution in [0, 0.1) is 0 Å². The normalized spacial score (nSPS) is 11.5. The van der Waals surface area contributed by atoms with Crippen LogP contribution in [-0.4, -0.2) is 15.5 Å². The summed E-state index contributed by atoms with van der Waals surface area (Å²) in [6, 6.07) is 3.87. The highest BCUT2D eigenvalue weighted by atomic mass is 79.9. The third kappa shape index (κ3) is 5.37. The van der Waals surface area contributed by atoms with Gasteiger partial charge in [0.25, 0.3) is 0 Å². The standard InChI is InChI=1S/C15H17Br2N3O/c1-15(2,3)20-6-10-4-11(16)8-19-14(10)21-13-5-12(17)7-18-9-13/h4-5,7-9,20H,6H2,1-3H3. The third-order valence-corrected chi connectivity index (χ3v) is 3.46. The monoisotopic (exact) mass is 413 g/mol. The van der Waals surface area contributed by atoms with Crippen molar-refractivity contribution in [3.05, 3.63) is 45.2 Å². The van der Waals surface area contributed by atoms with Gasteiger partial charge in [-0.3, -0.25) is 4.98 Å². The molecule has 2 rings (SSSR count). The molecule has 0 saturated carbocycles. The molecule has 0 saturated heterocycles. The molecule has 112 valence electrons. The lowest BCUT2D eigenvalue weighted by atomic mass is 10.1.